The van der Waals surface area contributed by atoms with Crippen LogP contribution in [0.5, 0.6) is 0 Å². The largest absolute Gasteiger partial charge is 0.457 e. The number of carbonyl (C=O) groups is 2. The molecule has 0 N–H and O–H groups in total. The van der Waals surface area contributed by atoms with Crippen molar-refractivity contribution in [3.63, 3.8) is 0 Å². The smallest absolute Gasteiger partial charge is 0.404 e. The van der Waals surface area contributed by atoms with E-state index in [9.17, 15) is 18.4 Å². The SMILES string of the molecule is CC(C)[C@H]1CC[C@H](C)C[C@@H]1OC(=O)C(F)(F)C(=O)c1ccccc1. The average Bonchev–Trinajstić information content (AvgIpc) is 2.54. The fourth-order valence-corrected chi connectivity index (χ4v) is 3.33. The number of esters is 1. The highest BCUT2D eigenvalue weighted by molar-refractivity contribution is 6.13. The van der Waals surface area contributed by atoms with Crippen molar-refractivity contribution in [1.29, 1.82) is 0 Å². The summed E-state index contributed by atoms with van der Waals surface area (Å²) in [6.07, 6.45) is 1.84. The Balaban J connectivity index is 2.13. The molecule has 1 fully saturated rings. The summed E-state index contributed by atoms with van der Waals surface area (Å²) in [5.41, 5.74) is -0.197. The molecule has 1 aliphatic carbocycles. The van der Waals surface area contributed by atoms with Gasteiger partial charge in [0.15, 0.2) is 0 Å². The molecule has 132 valence electrons. The minimum absolute atomic E-state index is 0.0489. The Labute approximate surface area is 141 Å². The Bertz CT molecular complexity index is 584. The molecule has 1 aliphatic rings. The van der Waals surface area contributed by atoms with E-state index in [1.54, 1.807) is 6.07 Å². The lowest BCUT2D eigenvalue weighted by atomic mass is 9.75. The molecule has 1 aromatic carbocycles. The second-order valence-electron chi connectivity index (χ2n) is 7.04. The van der Waals surface area contributed by atoms with Crippen molar-refractivity contribution < 1.29 is 23.1 Å². The zero-order valence-corrected chi connectivity index (χ0v) is 14.3. The molecule has 0 heterocycles. The third-order valence-corrected chi connectivity index (χ3v) is 4.80. The summed E-state index contributed by atoms with van der Waals surface area (Å²) >= 11 is 0. The van der Waals surface area contributed by atoms with E-state index in [2.05, 4.69) is 0 Å². The number of Topliss-reactive ketones (excluding diaryl/α,β-unsaturated/α-hetero) is 1. The van der Waals surface area contributed by atoms with E-state index >= 15 is 0 Å². The minimum atomic E-state index is -4.16. The summed E-state index contributed by atoms with van der Waals surface area (Å²) in [6, 6.07) is 7.11. The van der Waals surface area contributed by atoms with Crippen LogP contribution in [0.3, 0.4) is 0 Å². The third-order valence-electron chi connectivity index (χ3n) is 4.80. The predicted molar refractivity (Wildman–Crippen MR) is 86.9 cm³/mol. The van der Waals surface area contributed by atoms with Crippen molar-refractivity contribution in [2.45, 2.75) is 52.1 Å². The first-order valence-corrected chi connectivity index (χ1v) is 8.42. The van der Waals surface area contributed by atoms with Gasteiger partial charge in [-0.25, -0.2) is 4.79 Å². The van der Waals surface area contributed by atoms with Gasteiger partial charge >= 0.3 is 11.9 Å². The molecule has 5 heteroatoms. The predicted octanol–water partition coefficient (Wildman–Crippen LogP) is 4.51. The van der Waals surface area contributed by atoms with Crippen molar-refractivity contribution in [1.82, 2.24) is 0 Å². The van der Waals surface area contributed by atoms with Gasteiger partial charge in [0, 0.05) is 5.56 Å². The van der Waals surface area contributed by atoms with Gasteiger partial charge in [-0.15, -0.1) is 0 Å². The molecular weight excluding hydrogens is 314 g/mol. The van der Waals surface area contributed by atoms with Gasteiger partial charge in [-0.2, -0.15) is 8.78 Å². The van der Waals surface area contributed by atoms with Gasteiger partial charge in [0.05, 0.1) is 0 Å². The standard InChI is InChI=1S/C19H24F2O3/c1-12(2)15-10-9-13(3)11-16(15)24-18(23)19(20,21)17(22)14-7-5-4-6-8-14/h4-8,12-13,15-16H,9-11H2,1-3H3/t13-,15+,16-/m0/s1. The summed E-state index contributed by atoms with van der Waals surface area (Å²) in [6.45, 7) is 6.01. The molecule has 0 saturated heterocycles. The molecule has 0 amide bonds. The van der Waals surface area contributed by atoms with E-state index in [0.717, 1.165) is 12.8 Å². The van der Waals surface area contributed by atoms with Crippen LogP contribution >= 0.6 is 0 Å². The van der Waals surface area contributed by atoms with Crippen molar-refractivity contribution in [3.8, 4) is 0 Å². The van der Waals surface area contributed by atoms with Gasteiger partial charge in [-0.3, -0.25) is 4.79 Å². The van der Waals surface area contributed by atoms with E-state index in [0.29, 0.717) is 12.3 Å². The van der Waals surface area contributed by atoms with Crippen molar-refractivity contribution in [2.24, 2.45) is 17.8 Å². The van der Waals surface area contributed by atoms with E-state index < -0.39 is 23.8 Å². The zero-order chi connectivity index (χ0) is 17.9. The maximum Gasteiger partial charge on any atom is 0.404 e. The van der Waals surface area contributed by atoms with Crippen LogP contribution < -0.4 is 0 Å². The van der Waals surface area contributed by atoms with Crippen LogP contribution in [0.25, 0.3) is 0 Å². The van der Waals surface area contributed by atoms with Gasteiger partial charge in [-0.1, -0.05) is 57.5 Å². The monoisotopic (exact) mass is 338 g/mol. The van der Waals surface area contributed by atoms with E-state index in [1.807, 2.05) is 20.8 Å². The number of carbonyl (C=O) groups excluding carboxylic acids is 2. The van der Waals surface area contributed by atoms with E-state index in [4.69, 9.17) is 4.74 Å². The molecule has 1 saturated carbocycles. The molecule has 0 aromatic heterocycles. The van der Waals surface area contributed by atoms with Gasteiger partial charge in [-0.05, 0) is 30.6 Å². The average molecular weight is 338 g/mol. The summed E-state index contributed by atoms with van der Waals surface area (Å²) in [4.78, 5) is 24.0. The highest BCUT2D eigenvalue weighted by atomic mass is 19.3. The van der Waals surface area contributed by atoms with Crippen molar-refractivity contribution in [2.75, 3.05) is 0 Å². The first-order valence-electron chi connectivity index (χ1n) is 8.42. The molecule has 1 aromatic rings. The number of alkyl halides is 2. The van der Waals surface area contributed by atoms with Crippen LogP contribution in [0.1, 0.15) is 50.4 Å². The first-order chi connectivity index (χ1) is 11.2. The van der Waals surface area contributed by atoms with Crippen molar-refractivity contribution >= 4 is 11.8 Å². The normalized spacial score (nSPS) is 24.7. The van der Waals surface area contributed by atoms with Crippen LogP contribution in [0.4, 0.5) is 8.78 Å². The Morgan fingerprint density at radius 1 is 1.17 bits per heavy atom. The third kappa shape index (κ3) is 4.00. The minimum Gasteiger partial charge on any atom is -0.457 e. The second kappa shape index (κ2) is 7.41. The lowest BCUT2D eigenvalue weighted by Gasteiger charge is -2.37. The summed E-state index contributed by atoms with van der Waals surface area (Å²) < 4.78 is 33.6. The lowest BCUT2D eigenvalue weighted by Crippen LogP contribution is -2.44. The number of ether oxygens (including phenoxy) is 1. The fourth-order valence-electron chi connectivity index (χ4n) is 3.33. The van der Waals surface area contributed by atoms with Crippen LogP contribution in [0.2, 0.25) is 0 Å². The fraction of sp³-hybridized carbons (Fsp3) is 0.579. The Morgan fingerprint density at radius 2 is 1.79 bits per heavy atom. The first kappa shape index (κ1) is 18.6. The number of rotatable bonds is 5. The molecular formula is C19H24F2O3. The van der Waals surface area contributed by atoms with E-state index in [1.165, 1.54) is 24.3 Å². The van der Waals surface area contributed by atoms with Gasteiger partial charge in [0.1, 0.15) is 6.10 Å². The van der Waals surface area contributed by atoms with Crippen LogP contribution in [0.15, 0.2) is 30.3 Å². The molecule has 3 nitrogen and oxygen atoms in total. The van der Waals surface area contributed by atoms with Gasteiger partial charge < -0.3 is 4.74 Å². The molecule has 24 heavy (non-hydrogen) atoms. The molecule has 0 bridgehead atoms. The maximum absolute atomic E-state index is 14.3. The second-order valence-corrected chi connectivity index (χ2v) is 7.04. The highest BCUT2D eigenvalue weighted by Crippen LogP contribution is 2.36. The quantitative estimate of drug-likeness (QED) is 0.451. The number of hydrogen-bond acceptors (Lipinski definition) is 3. The number of benzene rings is 1. The Kier molecular flexibility index (Phi) is 5.73. The Morgan fingerprint density at radius 3 is 2.38 bits per heavy atom. The topological polar surface area (TPSA) is 43.4 Å². The van der Waals surface area contributed by atoms with Crippen LogP contribution in [-0.4, -0.2) is 23.8 Å². The number of ketones is 1. The number of halogens is 2. The van der Waals surface area contributed by atoms with Gasteiger partial charge in [0.25, 0.3) is 0 Å². The highest BCUT2D eigenvalue weighted by Gasteiger charge is 2.51. The molecule has 3 atom stereocenters. The molecule has 0 spiro atoms. The van der Waals surface area contributed by atoms with Crippen LogP contribution in [-0.2, 0) is 9.53 Å². The molecule has 0 aliphatic heterocycles. The van der Waals surface area contributed by atoms with E-state index in [-0.39, 0.29) is 17.4 Å². The van der Waals surface area contributed by atoms with Crippen LogP contribution in [0, 0.1) is 17.8 Å². The Hall–Kier alpha value is -1.78. The summed E-state index contributed by atoms with van der Waals surface area (Å²) in [5.74, 6) is -6.82. The lowest BCUT2D eigenvalue weighted by molar-refractivity contribution is -0.177. The zero-order valence-electron chi connectivity index (χ0n) is 14.3. The summed E-state index contributed by atoms with van der Waals surface area (Å²) in [5, 5.41) is 0. The molecule has 0 radical (unpaired) electrons. The summed E-state index contributed by atoms with van der Waals surface area (Å²) in [7, 11) is 0. The molecule has 0 unspecified atom stereocenters. The van der Waals surface area contributed by atoms with Crippen molar-refractivity contribution in [3.05, 3.63) is 35.9 Å². The molecule has 2 rings (SSSR count). The van der Waals surface area contributed by atoms with Gasteiger partial charge in [0.2, 0.25) is 5.78 Å². The number of hydrogen-bond donors (Lipinski definition) is 0. The maximum atomic E-state index is 14.3.